The minimum atomic E-state index is -0.707. The Labute approximate surface area is 224 Å². The van der Waals surface area contributed by atoms with E-state index >= 15 is 0 Å². The third-order valence-electron chi connectivity index (χ3n) is 8.28. The molecule has 1 heterocycles. The largest absolute Gasteiger partial charge is 0.490 e. The van der Waals surface area contributed by atoms with Crippen LogP contribution in [0.5, 0.6) is 5.75 Å². The van der Waals surface area contributed by atoms with E-state index in [9.17, 15) is 15.0 Å². The quantitative estimate of drug-likeness (QED) is 0.524. The van der Waals surface area contributed by atoms with E-state index in [0.717, 1.165) is 61.7 Å². The number of rotatable bonds is 5. The molecule has 2 aromatic rings. The standard InChI is InChI=1S/C30H38ClNO5/c1-29(2,3)37-28(35)20-7-11-27-25(14-20)32(15-21-6-9-23(21)26(34)16-33)17-30(18-36-27)12-4-5-19-13-22(31)8-10-24(19)30/h7-8,10-11,13-14,21,23,26,33-34H,4-6,9,12,15-18H2,1-3H3/t21-,23+,26-,30-/m0/s1. The van der Waals surface area contributed by atoms with Gasteiger partial charge in [0.15, 0.2) is 0 Å². The van der Waals surface area contributed by atoms with Crippen molar-refractivity contribution in [2.75, 3.05) is 31.2 Å². The van der Waals surface area contributed by atoms with Gasteiger partial charge < -0.3 is 24.6 Å². The maximum Gasteiger partial charge on any atom is 0.338 e. The predicted molar refractivity (Wildman–Crippen MR) is 145 cm³/mol. The third-order valence-corrected chi connectivity index (χ3v) is 8.52. The van der Waals surface area contributed by atoms with Crippen molar-refractivity contribution in [2.24, 2.45) is 11.8 Å². The van der Waals surface area contributed by atoms with Gasteiger partial charge in [-0.3, -0.25) is 0 Å². The molecule has 7 heteroatoms. The molecule has 0 amide bonds. The van der Waals surface area contributed by atoms with Gasteiger partial charge in [0.05, 0.1) is 30.6 Å². The SMILES string of the molecule is CC(C)(C)OC(=O)c1ccc2c(c1)N(C[C@@H]1CC[C@H]1[C@@H](O)CO)C[C@@]1(CCCc3cc(Cl)ccc31)CO2. The van der Waals surface area contributed by atoms with Crippen molar-refractivity contribution >= 4 is 23.3 Å². The summed E-state index contributed by atoms with van der Waals surface area (Å²) in [4.78, 5) is 15.3. The second-order valence-electron chi connectivity index (χ2n) is 12.0. The first kappa shape index (κ1) is 26.3. The molecule has 37 heavy (non-hydrogen) atoms. The summed E-state index contributed by atoms with van der Waals surface area (Å²) in [5.74, 6) is 0.719. The van der Waals surface area contributed by atoms with Gasteiger partial charge >= 0.3 is 5.97 Å². The monoisotopic (exact) mass is 527 g/mol. The molecule has 1 spiro atoms. The first-order chi connectivity index (χ1) is 17.6. The number of fused-ring (bicyclic) bond motifs is 3. The van der Waals surface area contributed by atoms with E-state index in [0.29, 0.717) is 12.2 Å². The molecule has 3 aliphatic rings. The number of ether oxygens (including phenoxy) is 2. The van der Waals surface area contributed by atoms with Crippen molar-refractivity contribution in [3.8, 4) is 5.75 Å². The highest BCUT2D eigenvalue weighted by Crippen LogP contribution is 2.46. The van der Waals surface area contributed by atoms with Crippen LogP contribution in [0, 0.1) is 11.8 Å². The van der Waals surface area contributed by atoms with Crippen LogP contribution in [0.15, 0.2) is 36.4 Å². The average molecular weight is 528 g/mol. The lowest BCUT2D eigenvalue weighted by Crippen LogP contribution is -2.50. The molecule has 1 aliphatic heterocycles. The minimum absolute atomic E-state index is 0.0695. The van der Waals surface area contributed by atoms with E-state index < -0.39 is 11.7 Å². The fraction of sp³-hybridized carbons (Fsp3) is 0.567. The minimum Gasteiger partial charge on any atom is -0.490 e. The first-order valence-corrected chi connectivity index (χ1v) is 13.8. The number of aliphatic hydroxyl groups excluding tert-OH is 2. The molecule has 2 aliphatic carbocycles. The zero-order valence-electron chi connectivity index (χ0n) is 22.0. The van der Waals surface area contributed by atoms with Gasteiger partial charge in [0.2, 0.25) is 0 Å². The molecule has 0 radical (unpaired) electrons. The number of carbonyl (C=O) groups excluding carboxylic acids is 1. The Morgan fingerprint density at radius 3 is 2.76 bits per heavy atom. The van der Waals surface area contributed by atoms with Crippen LogP contribution in [-0.2, 0) is 16.6 Å². The van der Waals surface area contributed by atoms with E-state index in [2.05, 4.69) is 17.0 Å². The third kappa shape index (κ3) is 5.34. The molecule has 0 aromatic heterocycles. The van der Waals surface area contributed by atoms with Crippen LogP contribution in [-0.4, -0.2) is 54.2 Å². The maximum atomic E-state index is 12.9. The van der Waals surface area contributed by atoms with Gasteiger partial charge in [-0.25, -0.2) is 4.79 Å². The number of aliphatic hydroxyl groups is 2. The van der Waals surface area contributed by atoms with Crippen molar-refractivity contribution in [1.29, 1.82) is 0 Å². The fourth-order valence-corrected chi connectivity index (χ4v) is 6.52. The molecule has 4 atom stereocenters. The average Bonchev–Trinajstić information content (AvgIpc) is 2.97. The summed E-state index contributed by atoms with van der Waals surface area (Å²) in [7, 11) is 0. The van der Waals surface area contributed by atoms with Crippen LogP contribution < -0.4 is 9.64 Å². The molecule has 0 bridgehead atoms. The highest BCUT2D eigenvalue weighted by atomic mass is 35.5. The van der Waals surface area contributed by atoms with Gasteiger partial charge in [-0.05, 0) is 106 Å². The highest BCUT2D eigenvalue weighted by molar-refractivity contribution is 6.30. The Morgan fingerprint density at radius 2 is 2.05 bits per heavy atom. The Bertz CT molecular complexity index is 1160. The van der Waals surface area contributed by atoms with Gasteiger partial charge in [-0.15, -0.1) is 0 Å². The summed E-state index contributed by atoms with van der Waals surface area (Å²) in [6.45, 7) is 7.38. The van der Waals surface area contributed by atoms with Crippen molar-refractivity contribution in [3.63, 3.8) is 0 Å². The number of carbonyl (C=O) groups is 1. The molecule has 1 fully saturated rings. The Kier molecular flexibility index (Phi) is 7.20. The molecule has 1 saturated carbocycles. The molecule has 6 nitrogen and oxygen atoms in total. The van der Waals surface area contributed by atoms with Crippen LogP contribution in [0.3, 0.4) is 0 Å². The summed E-state index contributed by atoms with van der Waals surface area (Å²) < 4.78 is 12.2. The van der Waals surface area contributed by atoms with E-state index in [-0.39, 0.29) is 29.8 Å². The molecule has 2 aromatic carbocycles. The second kappa shape index (κ2) is 10.1. The second-order valence-corrected chi connectivity index (χ2v) is 12.5. The van der Waals surface area contributed by atoms with Crippen LogP contribution in [0.1, 0.15) is 67.9 Å². The summed E-state index contributed by atoms with van der Waals surface area (Å²) in [5, 5.41) is 20.7. The van der Waals surface area contributed by atoms with Crippen LogP contribution >= 0.6 is 11.6 Å². The fourth-order valence-electron chi connectivity index (χ4n) is 6.32. The van der Waals surface area contributed by atoms with Crippen LogP contribution in [0.2, 0.25) is 5.02 Å². The number of hydrogen-bond acceptors (Lipinski definition) is 6. The summed E-state index contributed by atoms with van der Waals surface area (Å²) in [6, 6.07) is 11.8. The maximum absolute atomic E-state index is 12.9. The Balaban J connectivity index is 1.53. The number of benzene rings is 2. The van der Waals surface area contributed by atoms with E-state index in [1.165, 1.54) is 11.1 Å². The molecular formula is C30H38ClNO5. The Hall–Kier alpha value is -2.28. The van der Waals surface area contributed by atoms with Gasteiger partial charge in [-0.2, -0.15) is 0 Å². The number of nitrogens with zero attached hydrogens (tertiary/aromatic N) is 1. The van der Waals surface area contributed by atoms with Crippen molar-refractivity contribution in [1.82, 2.24) is 0 Å². The van der Waals surface area contributed by atoms with Gasteiger partial charge in [0.25, 0.3) is 0 Å². The number of anilines is 1. The van der Waals surface area contributed by atoms with Crippen molar-refractivity contribution in [3.05, 3.63) is 58.1 Å². The summed E-state index contributed by atoms with van der Waals surface area (Å²) in [6.07, 6.45) is 4.26. The molecule has 0 saturated heterocycles. The van der Waals surface area contributed by atoms with Crippen molar-refractivity contribution in [2.45, 2.75) is 70.0 Å². The number of esters is 1. The number of halogens is 1. The van der Waals surface area contributed by atoms with Gasteiger partial charge in [0.1, 0.15) is 11.4 Å². The molecular weight excluding hydrogens is 490 g/mol. The zero-order valence-corrected chi connectivity index (χ0v) is 22.8. The number of aryl methyl sites for hydroxylation is 1. The molecule has 200 valence electrons. The molecule has 0 unspecified atom stereocenters. The Morgan fingerprint density at radius 1 is 1.24 bits per heavy atom. The van der Waals surface area contributed by atoms with Crippen LogP contribution in [0.4, 0.5) is 5.69 Å². The van der Waals surface area contributed by atoms with E-state index in [1.54, 1.807) is 6.07 Å². The lowest BCUT2D eigenvalue weighted by Gasteiger charge is -2.45. The normalized spacial score (nSPS) is 25.8. The first-order valence-electron chi connectivity index (χ1n) is 13.4. The van der Waals surface area contributed by atoms with E-state index in [1.807, 2.05) is 39.0 Å². The smallest absolute Gasteiger partial charge is 0.338 e. The topological polar surface area (TPSA) is 79.2 Å². The van der Waals surface area contributed by atoms with Gasteiger partial charge in [-0.1, -0.05) is 17.7 Å². The summed E-state index contributed by atoms with van der Waals surface area (Å²) in [5.41, 5.74) is 3.14. The lowest BCUT2D eigenvalue weighted by molar-refractivity contribution is -0.0183. The highest BCUT2D eigenvalue weighted by Gasteiger charge is 2.44. The predicted octanol–water partition coefficient (Wildman–Crippen LogP) is 5.15. The van der Waals surface area contributed by atoms with Gasteiger partial charge in [0, 0.05) is 23.5 Å². The molecule has 2 N–H and O–H groups in total. The lowest BCUT2D eigenvalue weighted by atomic mass is 9.68. The molecule has 5 rings (SSSR count). The van der Waals surface area contributed by atoms with Crippen molar-refractivity contribution < 1.29 is 24.5 Å². The zero-order chi connectivity index (χ0) is 26.4. The van der Waals surface area contributed by atoms with Crippen LogP contribution in [0.25, 0.3) is 0 Å². The summed E-state index contributed by atoms with van der Waals surface area (Å²) >= 11 is 6.36. The van der Waals surface area contributed by atoms with E-state index in [4.69, 9.17) is 21.1 Å². The number of hydrogen-bond donors (Lipinski definition) is 2.